The Morgan fingerprint density at radius 2 is 2.09 bits per heavy atom. The second-order valence-electron chi connectivity index (χ2n) is 5.46. The summed E-state index contributed by atoms with van der Waals surface area (Å²) in [4.78, 5) is 18.8. The monoisotopic (exact) mass is 302 g/mol. The van der Waals surface area contributed by atoms with Crippen molar-refractivity contribution in [3.05, 3.63) is 36.3 Å². The van der Waals surface area contributed by atoms with Crippen molar-refractivity contribution in [3.8, 4) is 0 Å². The third-order valence-electron chi connectivity index (χ3n) is 3.87. The summed E-state index contributed by atoms with van der Waals surface area (Å²) in [6.45, 7) is 8.40. The lowest BCUT2D eigenvalue weighted by atomic mass is 10.2. The third-order valence-corrected chi connectivity index (χ3v) is 3.87. The maximum Gasteiger partial charge on any atom is 0.226 e. The Morgan fingerprint density at radius 3 is 2.82 bits per heavy atom. The Bertz CT molecular complexity index is 556. The molecular formula is C17H26N4O. The molecule has 0 bridgehead atoms. The molecule has 0 aromatic carbocycles. The first-order chi connectivity index (χ1) is 10.7. The van der Waals surface area contributed by atoms with Crippen LogP contribution in [0, 0.1) is 0 Å². The van der Waals surface area contributed by atoms with Gasteiger partial charge in [-0.05, 0) is 44.6 Å². The van der Waals surface area contributed by atoms with Crippen LogP contribution in [0.4, 0.5) is 0 Å². The van der Waals surface area contributed by atoms with E-state index in [9.17, 15) is 4.79 Å². The van der Waals surface area contributed by atoms with Crippen LogP contribution in [0.15, 0.2) is 30.6 Å². The predicted octanol–water partition coefficient (Wildman–Crippen LogP) is 2.11. The van der Waals surface area contributed by atoms with Crippen LogP contribution in [0.5, 0.6) is 0 Å². The number of carbonyl (C=O) groups excluding carboxylic acids is 1. The van der Waals surface area contributed by atoms with E-state index < -0.39 is 0 Å². The van der Waals surface area contributed by atoms with Gasteiger partial charge in [-0.3, -0.25) is 4.79 Å². The van der Waals surface area contributed by atoms with Crippen molar-refractivity contribution >= 4 is 11.6 Å². The molecule has 5 heteroatoms. The smallest absolute Gasteiger partial charge is 0.226 e. The molecule has 0 saturated carbocycles. The van der Waals surface area contributed by atoms with Crippen molar-refractivity contribution < 1.29 is 4.79 Å². The molecule has 5 nitrogen and oxygen atoms in total. The number of nitrogens with zero attached hydrogens (tertiary/aromatic N) is 3. The summed E-state index contributed by atoms with van der Waals surface area (Å²) in [5.74, 6) is 0.0474. The van der Waals surface area contributed by atoms with E-state index in [0.29, 0.717) is 6.42 Å². The first-order valence-electron chi connectivity index (χ1n) is 8.14. The van der Waals surface area contributed by atoms with Crippen molar-refractivity contribution in [1.82, 2.24) is 19.6 Å². The first-order valence-corrected chi connectivity index (χ1v) is 8.14. The molecule has 2 aromatic rings. The molecule has 120 valence electrons. The zero-order valence-electron chi connectivity index (χ0n) is 13.6. The van der Waals surface area contributed by atoms with Crippen molar-refractivity contribution in [2.24, 2.45) is 0 Å². The number of fused-ring (bicyclic) bond motifs is 1. The second-order valence-corrected chi connectivity index (χ2v) is 5.46. The predicted molar refractivity (Wildman–Crippen MR) is 88.9 cm³/mol. The topological polar surface area (TPSA) is 49.6 Å². The molecule has 1 amide bonds. The molecule has 22 heavy (non-hydrogen) atoms. The normalized spacial score (nSPS) is 11.2. The van der Waals surface area contributed by atoms with Crippen LogP contribution in [0.25, 0.3) is 5.65 Å². The van der Waals surface area contributed by atoms with Crippen LogP contribution >= 0.6 is 0 Å². The minimum atomic E-state index is 0.0474. The Kier molecular flexibility index (Phi) is 6.40. The van der Waals surface area contributed by atoms with E-state index in [4.69, 9.17) is 0 Å². The Balaban J connectivity index is 1.67. The van der Waals surface area contributed by atoms with Crippen LogP contribution in [0.3, 0.4) is 0 Å². The number of nitrogens with one attached hydrogen (secondary N) is 1. The molecular weight excluding hydrogens is 276 g/mol. The molecule has 2 heterocycles. The van der Waals surface area contributed by atoms with Gasteiger partial charge in [0, 0.05) is 18.9 Å². The highest BCUT2D eigenvalue weighted by Gasteiger charge is 2.07. The van der Waals surface area contributed by atoms with Gasteiger partial charge in [0.05, 0.1) is 12.1 Å². The van der Waals surface area contributed by atoms with Gasteiger partial charge in [-0.2, -0.15) is 0 Å². The van der Waals surface area contributed by atoms with Crippen molar-refractivity contribution in [1.29, 1.82) is 0 Å². The Morgan fingerprint density at radius 1 is 1.27 bits per heavy atom. The molecule has 0 radical (unpaired) electrons. The number of amides is 1. The van der Waals surface area contributed by atoms with Crippen LogP contribution < -0.4 is 5.32 Å². The number of aromatic nitrogens is 2. The molecule has 0 aliphatic carbocycles. The maximum absolute atomic E-state index is 11.9. The summed E-state index contributed by atoms with van der Waals surface area (Å²) >= 11 is 0. The van der Waals surface area contributed by atoms with E-state index in [-0.39, 0.29) is 5.91 Å². The Labute approximate surface area is 132 Å². The number of rotatable bonds is 9. The average Bonchev–Trinajstić information content (AvgIpc) is 2.93. The van der Waals surface area contributed by atoms with Gasteiger partial charge in [0.25, 0.3) is 0 Å². The lowest BCUT2D eigenvalue weighted by Gasteiger charge is -2.17. The first kappa shape index (κ1) is 16.5. The molecule has 0 fully saturated rings. The van der Waals surface area contributed by atoms with Gasteiger partial charge >= 0.3 is 0 Å². The van der Waals surface area contributed by atoms with Gasteiger partial charge in [0.15, 0.2) is 0 Å². The molecule has 1 N–H and O–H groups in total. The summed E-state index contributed by atoms with van der Waals surface area (Å²) in [6.07, 6.45) is 6.34. The van der Waals surface area contributed by atoms with E-state index >= 15 is 0 Å². The summed E-state index contributed by atoms with van der Waals surface area (Å²) in [5, 5.41) is 2.98. The molecule has 0 spiro atoms. The maximum atomic E-state index is 11.9. The summed E-state index contributed by atoms with van der Waals surface area (Å²) < 4.78 is 1.94. The zero-order valence-corrected chi connectivity index (χ0v) is 13.6. The fraction of sp³-hybridized carbons (Fsp3) is 0.529. The highest BCUT2D eigenvalue weighted by atomic mass is 16.1. The fourth-order valence-corrected chi connectivity index (χ4v) is 2.53. The van der Waals surface area contributed by atoms with E-state index in [1.165, 1.54) is 0 Å². The van der Waals surface area contributed by atoms with Crippen LogP contribution in [0.2, 0.25) is 0 Å². The zero-order chi connectivity index (χ0) is 15.8. The minimum Gasteiger partial charge on any atom is -0.356 e. The molecule has 0 aliphatic heterocycles. The van der Waals surface area contributed by atoms with Crippen molar-refractivity contribution in [2.75, 3.05) is 26.2 Å². The standard InChI is InChI=1S/C17H26N4O/c1-3-20(4-2)11-8-6-10-18-17(22)13-15-14-21-12-7-5-9-16(21)19-15/h5,7,9,12,14H,3-4,6,8,10-11,13H2,1-2H3,(H,18,22). The van der Waals surface area contributed by atoms with E-state index in [1.807, 2.05) is 35.0 Å². The molecule has 0 aliphatic rings. The molecule has 2 aromatic heterocycles. The Hall–Kier alpha value is -1.88. The summed E-state index contributed by atoms with van der Waals surface area (Å²) in [7, 11) is 0. The van der Waals surface area contributed by atoms with Gasteiger partial charge in [-0.1, -0.05) is 19.9 Å². The van der Waals surface area contributed by atoms with Gasteiger partial charge in [-0.15, -0.1) is 0 Å². The van der Waals surface area contributed by atoms with Crippen LogP contribution in [-0.4, -0.2) is 46.4 Å². The highest BCUT2D eigenvalue weighted by Crippen LogP contribution is 2.05. The number of hydrogen-bond acceptors (Lipinski definition) is 3. The number of hydrogen-bond donors (Lipinski definition) is 1. The second kappa shape index (κ2) is 8.54. The van der Waals surface area contributed by atoms with Gasteiger partial charge < -0.3 is 14.6 Å². The van der Waals surface area contributed by atoms with Gasteiger partial charge in [-0.25, -0.2) is 4.98 Å². The summed E-state index contributed by atoms with van der Waals surface area (Å²) in [6, 6.07) is 5.84. The van der Waals surface area contributed by atoms with Crippen LogP contribution in [0.1, 0.15) is 32.4 Å². The molecule has 0 unspecified atom stereocenters. The van der Waals surface area contributed by atoms with Gasteiger partial charge in [0.1, 0.15) is 5.65 Å². The minimum absolute atomic E-state index is 0.0474. The number of pyridine rings is 1. The van der Waals surface area contributed by atoms with Crippen molar-refractivity contribution in [2.45, 2.75) is 33.1 Å². The quantitative estimate of drug-likeness (QED) is 0.722. The lowest BCUT2D eigenvalue weighted by Crippen LogP contribution is -2.28. The van der Waals surface area contributed by atoms with Crippen LogP contribution in [-0.2, 0) is 11.2 Å². The van der Waals surface area contributed by atoms with Crippen molar-refractivity contribution in [3.63, 3.8) is 0 Å². The van der Waals surface area contributed by atoms with E-state index in [2.05, 4.69) is 29.0 Å². The van der Waals surface area contributed by atoms with E-state index in [0.717, 1.165) is 50.4 Å². The lowest BCUT2D eigenvalue weighted by molar-refractivity contribution is -0.120. The average molecular weight is 302 g/mol. The molecule has 0 saturated heterocycles. The number of imidazole rings is 1. The fourth-order valence-electron chi connectivity index (χ4n) is 2.53. The largest absolute Gasteiger partial charge is 0.356 e. The SMILES string of the molecule is CCN(CC)CCCCNC(=O)Cc1cn2ccccc2n1. The summed E-state index contributed by atoms with van der Waals surface area (Å²) in [5.41, 5.74) is 1.69. The van der Waals surface area contributed by atoms with Gasteiger partial charge in [0.2, 0.25) is 5.91 Å². The highest BCUT2D eigenvalue weighted by molar-refractivity contribution is 5.78. The van der Waals surface area contributed by atoms with E-state index in [1.54, 1.807) is 0 Å². The number of unbranched alkanes of at least 4 members (excludes halogenated alkanes) is 1. The molecule has 0 atom stereocenters. The molecule has 2 rings (SSSR count). The number of carbonyl (C=O) groups is 1. The third kappa shape index (κ3) is 4.84.